The van der Waals surface area contributed by atoms with Gasteiger partial charge in [0, 0.05) is 26.2 Å². The van der Waals surface area contributed by atoms with Crippen LogP contribution in [0.4, 0.5) is 0 Å². The van der Waals surface area contributed by atoms with E-state index < -0.39 is 5.97 Å². The average molecular weight is 362 g/mol. The van der Waals surface area contributed by atoms with Gasteiger partial charge in [0.05, 0.1) is 18.8 Å². The lowest BCUT2D eigenvalue weighted by atomic mass is 9.76. The number of hydrogen-bond donors (Lipinski definition) is 1. The van der Waals surface area contributed by atoms with Crippen LogP contribution in [0.2, 0.25) is 0 Å². The second-order valence-electron chi connectivity index (χ2n) is 7.34. The molecule has 144 valence electrons. The number of carbonyl (C=O) groups is 1. The number of rotatable bonds is 12. The highest BCUT2D eigenvalue weighted by molar-refractivity contribution is 5.66. The summed E-state index contributed by atoms with van der Waals surface area (Å²) in [6.45, 7) is 2.65. The predicted octanol–water partition coefficient (Wildman–Crippen LogP) is 3.66. The highest BCUT2D eigenvalue weighted by Gasteiger charge is 2.47. The first-order chi connectivity index (χ1) is 12.7. The molecular weight excluding hydrogens is 332 g/mol. The van der Waals surface area contributed by atoms with E-state index in [0.29, 0.717) is 50.3 Å². The van der Waals surface area contributed by atoms with E-state index in [1.54, 1.807) is 0 Å². The summed E-state index contributed by atoms with van der Waals surface area (Å²) in [6, 6.07) is 10.3. The molecule has 2 heterocycles. The van der Waals surface area contributed by atoms with E-state index in [4.69, 9.17) is 19.3 Å². The molecule has 2 saturated heterocycles. The zero-order chi connectivity index (χ0) is 18.2. The fourth-order valence-electron chi connectivity index (χ4n) is 4.30. The van der Waals surface area contributed by atoms with Crippen LogP contribution in [0.25, 0.3) is 0 Å². The molecule has 1 aromatic carbocycles. The molecule has 0 saturated carbocycles. The first kappa shape index (κ1) is 19.3. The Balaban J connectivity index is 1.34. The smallest absolute Gasteiger partial charge is 0.303 e. The molecule has 2 aliphatic rings. The minimum Gasteiger partial charge on any atom is -0.481 e. The van der Waals surface area contributed by atoms with Crippen molar-refractivity contribution < 1.29 is 24.1 Å². The third kappa shape index (κ3) is 5.53. The maximum Gasteiger partial charge on any atom is 0.303 e. The number of benzene rings is 1. The van der Waals surface area contributed by atoms with Crippen LogP contribution in [0.15, 0.2) is 30.3 Å². The Morgan fingerprint density at radius 2 is 1.65 bits per heavy atom. The van der Waals surface area contributed by atoms with E-state index >= 15 is 0 Å². The maximum atomic E-state index is 10.5. The first-order valence-electron chi connectivity index (χ1n) is 9.80. The Kier molecular flexibility index (Phi) is 7.47. The molecule has 0 spiro atoms. The fourth-order valence-corrected chi connectivity index (χ4v) is 4.30. The Hall–Kier alpha value is -1.43. The van der Waals surface area contributed by atoms with Gasteiger partial charge in [0.15, 0.2) is 0 Å². The van der Waals surface area contributed by atoms with Crippen LogP contribution in [0, 0.1) is 11.8 Å². The van der Waals surface area contributed by atoms with Gasteiger partial charge in [0.1, 0.15) is 0 Å². The molecule has 1 aromatic rings. The van der Waals surface area contributed by atoms with Crippen molar-refractivity contribution in [3.8, 4) is 0 Å². The van der Waals surface area contributed by atoms with Gasteiger partial charge in [-0.3, -0.25) is 4.79 Å². The minimum atomic E-state index is -0.759. The topological polar surface area (TPSA) is 65.0 Å². The first-order valence-corrected chi connectivity index (χ1v) is 9.80. The van der Waals surface area contributed by atoms with Crippen molar-refractivity contribution in [1.29, 1.82) is 0 Å². The van der Waals surface area contributed by atoms with Crippen molar-refractivity contribution in [2.75, 3.05) is 19.8 Å². The van der Waals surface area contributed by atoms with Crippen LogP contribution >= 0.6 is 0 Å². The van der Waals surface area contributed by atoms with Gasteiger partial charge < -0.3 is 19.3 Å². The van der Waals surface area contributed by atoms with Crippen molar-refractivity contribution >= 4 is 5.97 Å². The minimum absolute atomic E-state index is 0.179. The second-order valence-corrected chi connectivity index (χ2v) is 7.34. The number of fused-ring (bicyclic) bond motifs is 2. The molecule has 5 heteroatoms. The van der Waals surface area contributed by atoms with E-state index in [9.17, 15) is 4.79 Å². The summed E-state index contributed by atoms with van der Waals surface area (Å²) in [5.41, 5.74) is 1.21. The maximum absolute atomic E-state index is 10.5. The lowest BCUT2D eigenvalue weighted by Gasteiger charge is -2.28. The summed E-state index contributed by atoms with van der Waals surface area (Å²) < 4.78 is 17.6. The highest BCUT2D eigenvalue weighted by Crippen LogP contribution is 2.46. The Bertz CT molecular complexity index is 547. The second kappa shape index (κ2) is 10.0. The zero-order valence-electron chi connectivity index (χ0n) is 15.3. The van der Waals surface area contributed by atoms with Gasteiger partial charge in [-0.05, 0) is 49.5 Å². The molecule has 3 rings (SSSR count). The molecule has 26 heavy (non-hydrogen) atoms. The molecule has 2 fully saturated rings. The van der Waals surface area contributed by atoms with Gasteiger partial charge >= 0.3 is 5.97 Å². The van der Waals surface area contributed by atoms with Crippen molar-refractivity contribution in [2.24, 2.45) is 11.8 Å². The molecule has 5 nitrogen and oxygen atoms in total. The van der Waals surface area contributed by atoms with Crippen LogP contribution in [0.3, 0.4) is 0 Å². The lowest BCUT2D eigenvalue weighted by Crippen LogP contribution is -2.29. The summed E-state index contributed by atoms with van der Waals surface area (Å²) in [6.07, 6.45) is 5.89. The molecule has 0 aromatic heterocycles. The Morgan fingerprint density at radius 1 is 1.00 bits per heavy atom. The van der Waals surface area contributed by atoms with Gasteiger partial charge in [-0.1, -0.05) is 30.3 Å². The van der Waals surface area contributed by atoms with E-state index in [2.05, 4.69) is 12.1 Å². The number of hydrogen-bond acceptors (Lipinski definition) is 4. The van der Waals surface area contributed by atoms with E-state index in [0.717, 1.165) is 25.9 Å². The molecule has 4 atom stereocenters. The largest absolute Gasteiger partial charge is 0.481 e. The summed E-state index contributed by atoms with van der Waals surface area (Å²) in [5.74, 6) is 0.353. The van der Waals surface area contributed by atoms with E-state index in [-0.39, 0.29) is 6.42 Å². The molecule has 1 N–H and O–H groups in total. The SMILES string of the molecule is O=C(O)CCCOCC[C@H]1[C@@H](CCOCc2ccccc2)[C@H]2CC[C@@H]1O2. The van der Waals surface area contributed by atoms with Gasteiger partial charge in [0.25, 0.3) is 0 Å². The van der Waals surface area contributed by atoms with E-state index in [1.807, 2.05) is 18.2 Å². The van der Waals surface area contributed by atoms with Crippen LogP contribution in [0.5, 0.6) is 0 Å². The third-order valence-electron chi connectivity index (χ3n) is 5.57. The average Bonchev–Trinajstić information content (AvgIpc) is 3.24. The highest BCUT2D eigenvalue weighted by atomic mass is 16.5. The van der Waals surface area contributed by atoms with Gasteiger partial charge in [-0.2, -0.15) is 0 Å². The Labute approximate surface area is 155 Å². The fraction of sp³-hybridized carbons (Fsp3) is 0.667. The van der Waals surface area contributed by atoms with E-state index in [1.165, 1.54) is 12.0 Å². The number of carboxylic acid groups (broad SMARTS) is 1. The summed E-state index contributed by atoms with van der Waals surface area (Å²) in [4.78, 5) is 10.5. The molecule has 0 aliphatic carbocycles. The van der Waals surface area contributed by atoms with Crippen molar-refractivity contribution in [1.82, 2.24) is 0 Å². The third-order valence-corrected chi connectivity index (χ3v) is 5.57. The number of aliphatic carboxylic acids is 1. The number of carboxylic acids is 1. The van der Waals surface area contributed by atoms with Crippen LogP contribution in [-0.4, -0.2) is 43.1 Å². The molecular formula is C21H30O5. The summed E-state index contributed by atoms with van der Waals surface area (Å²) in [5, 5.41) is 8.64. The van der Waals surface area contributed by atoms with Crippen LogP contribution < -0.4 is 0 Å². The normalized spacial score (nSPS) is 27.1. The lowest BCUT2D eigenvalue weighted by molar-refractivity contribution is -0.137. The predicted molar refractivity (Wildman–Crippen MR) is 97.9 cm³/mol. The quantitative estimate of drug-likeness (QED) is 0.575. The molecule has 2 bridgehead atoms. The summed E-state index contributed by atoms with van der Waals surface area (Å²) in [7, 11) is 0. The summed E-state index contributed by atoms with van der Waals surface area (Å²) >= 11 is 0. The Morgan fingerprint density at radius 3 is 2.31 bits per heavy atom. The van der Waals surface area contributed by atoms with Crippen molar-refractivity contribution in [2.45, 2.75) is 57.3 Å². The standard InChI is InChI=1S/C21H30O5/c22-21(23)7-4-12-24-13-10-17-18(20-9-8-19(17)26-20)11-14-25-15-16-5-2-1-3-6-16/h1-3,5-6,17-20H,4,7-15H2,(H,22,23)/t17-,18+,19-,20+/m0/s1. The van der Waals surface area contributed by atoms with Gasteiger partial charge in [0.2, 0.25) is 0 Å². The molecule has 0 unspecified atom stereocenters. The van der Waals surface area contributed by atoms with Crippen LogP contribution in [-0.2, 0) is 25.6 Å². The van der Waals surface area contributed by atoms with Gasteiger partial charge in [-0.25, -0.2) is 0 Å². The molecule has 0 amide bonds. The van der Waals surface area contributed by atoms with Gasteiger partial charge in [-0.15, -0.1) is 0 Å². The zero-order valence-corrected chi connectivity index (χ0v) is 15.3. The monoisotopic (exact) mass is 362 g/mol. The molecule has 2 aliphatic heterocycles. The molecule has 0 radical (unpaired) electrons. The number of ether oxygens (including phenoxy) is 3. The van der Waals surface area contributed by atoms with Crippen LogP contribution in [0.1, 0.15) is 44.1 Å². The van der Waals surface area contributed by atoms with Crippen molar-refractivity contribution in [3.63, 3.8) is 0 Å². The van der Waals surface area contributed by atoms with Crippen molar-refractivity contribution in [3.05, 3.63) is 35.9 Å².